The lowest BCUT2D eigenvalue weighted by Gasteiger charge is -2.22. The van der Waals surface area contributed by atoms with E-state index in [-0.39, 0.29) is 0 Å². The predicted octanol–water partition coefficient (Wildman–Crippen LogP) is 2.23. The topological polar surface area (TPSA) is 32.6 Å². The minimum atomic E-state index is 0.783. The largest absolute Gasteiger partial charge is 0.353 e. The van der Waals surface area contributed by atoms with Gasteiger partial charge in [-0.3, -0.25) is 4.99 Å². The van der Waals surface area contributed by atoms with Crippen LogP contribution in [0.4, 0.5) is 0 Å². The van der Waals surface area contributed by atoms with Gasteiger partial charge >= 0.3 is 0 Å². The monoisotopic (exact) mass is 270 g/mol. The van der Waals surface area contributed by atoms with Crippen molar-refractivity contribution in [3.05, 3.63) is 59.9 Å². The van der Waals surface area contributed by atoms with E-state index in [1.54, 1.807) is 0 Å². The number of guanidine groups is 1. The second-order valence-electron chi connectivity index (χ2n) is 4.85. The maximum Gasteiger partial charge on any atom is 0.194 e. The van der Waals surface area contributed by atoms with Gasteiger partial charge in [-0.15, -0.1) is 0 Å². The second-order valence-corrected chi connectivity index (χ2v) is 4.85. The third-order valence-corrected chi connectivity index (χ3v) is 3.32. The quantitative estimate of drug-likeness (QED) is 0.682. The number of nitrogens with one attached hydrogen (secondary N) is 1. The molecule has 0 bridgehead atoms. The number of aryl methyl sites for hydroxylation is 1. The van der Waals surface area contributed by atoms with E-state index in [1.807, 2.05) is 32.3 Å². The molecule has 2 rings (SSSR count). The number of hydrogen-bond acceptors (Lipinski definition) is 1. The fraction of sp³-hybridized carbons (Fsp3) is 0.312. The molecule has 1 aromatic heterocycles. The van der Waals surface area contributed by atoms with Crippen LogP contribution in [0.1, 0.15) is 11.3 Å². The summed E-state index contributed by atoms with van der Waals surface area (Å²) < 4.78 is 2.13. The molecule has 0 fully saturated rings. The van der Waals surface area contributed by atoms with Crippen LogP contribution in [0.2, 0.25) is 0 Å². The first-order valence-corrected chi connectivity index (χ1v) is 6.76. The average molecular weight is 270 g/mol. The summed E-state index contributed by atoms with van der Waals surface area (Å²) in [4.78, 5) is 6.46. The van der Waals surface area contributed by atoms with Gasteiger partial charge in [0.15, 0.2) is 5.96 Å². The molecule has 0 amide bonds. The van der Waals surface area contributed by atoms with Crippen molar-refractivity contribution in [2.75, 3.05) is 14.1 Å². The number of aliphatic imine (C=N–C) groups is 1. The summed E-state index contributed by atoms with van der Waals surface area (Å²) in [6.07, 6.45) is 2.06. The van der Waals surface area contributed by atoms with Gasteiger partial charge in [0.2, 0.25) is 0 Å². The van der Waals surface area contributed by atoms with Gasteiger partial charge in [-0.2, -0.15) is 0 Å². The van der Waals surface area contributed by atoms with E-state index in [0.717, 1.165) is 19.0 Å². The van der Waals surface area contributed by atoms with Crippen LogP contribution in [-0.4, -0.2) is 29.5 Å². The lowest BCUT2D eigenvalue weighted by molar-refractivity contribution is 0.461. The molecule has 0 aliphatic carbocycles. The maximum atomic E-state index is 4.34. The summed E-state index contributed by atoms with van der Waals surface area (Å²) >= 11 is 0. The smallest absolute Gasteiger partial charge is 0.194 e. The van der Waals surface area contributed by atoms with Crippen LogP contribution < -0.4 is 5.32 Å². The Kier molecular flexibility index (Phi) is 4.82. The SMILES string of the molecule is CN=C(NCc1ccccc1)N(C)Cc1cccn1C. The van der Waals surface area contributed by atoms with Crippen LogP contribution in [0, 0.1) is 0 Å². The van der Waals surface area contributed by atoms with Crippen LogP contribution in [0.15, 0.2) is 53.7 Å². The molecule has 1 N–H and O–H groups in total. The third-order valence-electron chi connectivity index (χ3n) is 3.32. The van der Waals surface area contributed by atoms with E-state index in [9.17, 15) is 0 Å². The molecule has 0 saturated carbocycles. The lowest BCUT2D eigenvalue weighted by atomic mass is 10.2. The van der Waals surface area contributed by atoms with Crippen molar-refractivity contribution in [3.8, 4) is 0 Å². The highest BCUT2D eigenvalue weighted by molar-refractivity contribution is 5.79. The minimum absolute atomic E-state index is 0.783. The van der Waals surface area contributed by atoms with Crippen molar-refractivity contribution in [1.82, 2.24) is 14.8 Å². The predicted molar refractivity (Wildman–Crippen MR) is 83.5 cm³/mol. The van der Waals surface area contributed by atoms with Gasteiger partial charge in [-0.1, -0.05) is 30.3 Å². The standard InChI is InChI=1S/C16H22N4/c1-17-16(18-12-14-8-5-4-6-9-14)20(3)13-15-10-7-11-19(15)2/h4-11H,12-13H2,1-3H3,(H,17,18). The maximum absolute atomic E-state index is 4.34. The molecule has 1 aromatic carbocycles. The molecule has 0 aliphatic heterocycles. The zero-order valence-corrected chi connectivity index (χ0v) is 12.4. The minimum Gasteiger partial charge on any atom is -0.353 e. The molecule has 4 heteroatoms. The zero-order valence-electron chi connectivity index (χ0n) is 12.4. The summed E-state index contributed by atoms with van der Waals surface area (Å²) in [6.45, 7) is 1.61. The molecule has 0 aliphatic rings. The molecule has 1 heterocycles. The summed E-state index contributed by atoms with van der Waals surface area (Å²) in [5.74, 6) is 0.898. The highest BCUT2D eigenvalue weighted by atomic mass is 15.3. The Morgan fingerprint density at radius 3 is 2.55 bits per heavy atom. The van der Waals surface area contributed by atoms with E-state index in [4.69, 9.17) is 0 Å². The fourth-order valence-corrected chi connectivity index (χ4v) is 2.14. The van der Waals surface area contributed by atoms with Crippen molar-refractivity contribution in [3.63, 3.8) is 0 Å². The van der Waals surface area contributed by atoms with Crippen LogP contribution in [0.3, 0.4) is 0 Å². The first kappa shape index (κ1) is 14.2. The second kappa shape index (κ2) is 6.80. The van der Waals surface area contributed by atoms with Crippen molar-refractivity contribution in [1.29, 1.82) is 0 Å². The molecule has 4 nitrogen and oxygen atoms in total. The number of nitrogens with zero attached hydrogens (tertiary/aromatic N) is 3. The molecule has 0 spiro atoms. The van der Waals surface area contributed by atoms with Gasteiger partial charge in [0.05, 0.1) is 6.54 Å². The van der Waals surface area contributed by atoms with Gasteiger partial charge in [0, 0.05) is 39.6 Å². The van der Waals surface area contributed by atoms with Crippen LogP contribution in [0.5, 0.6) is 0 Å². The molecule has 20 heavy (non-hydrogen) atoms. The van der Waals surface area contributed by atoms with Crippen molar-refractivity contribution >= 4 is 5.96 Å². The van der Waals surface area contributed by atoms with Crippen molar-refractivity contribution in [2.45, 2.75) is 13.1 Å². The summed E-state index contributed by atoms with van der Waals surface area (Å²) in [6, 6.07) is 14.5. The summed E-state index contributed by atoms with van der Waals surface area (Å²) in [5, 5.41) is 3.38. The van der Waals surface area contributed by atoms with Crippen molar-refractivity contribution < 1.29 is 0 Å². The lowest BCUT2D eigenvalue weighted by Crippen LogP contribution is -2.38. The van der Waals surface area contributed by atoms with Crippen molar-refractivity contribution in [2.24, 2.45) is 12.0 Å². The highest BCUT2D eigenvalue weighted by Crippen LogP contribution is 2.04. The molecule has 106 valence electrons. The van der Waals surface area contributed by atoms with E-state index >= 15 is 0 Å². The Labute approximate surface area is 120 Å². The van der Waals surface area contributed by atoms with E-state index in [1.165, 1.54) is 11.3 Å². The van der Waals surface area contributed by atoms with Crippen LogP contribution in [-0.2, 0) is 20.1 Å². The van der Waals surface area contributed by atoms with Crippen LogP contribution in [0.25, 0.3) is 0 Å². The highest BCUT2D eigenvalue weighted by Gasteiger charge is 2.07. The Bertz CT molecular complexity index is 557. The first-order valence-electron chi connectivity index (χ1n) is 6.76. The number of benzene rings is 1. The average Bonchev–Trinajstić information content (AvgIpc) is 2.86. The molecular formula is C16H22N4. The fourth-order valence-electron chi connectivity index (χ4n) is 2.14. The Morgan fingerprint density at radius 2 is 1.95 bits per heavy atom. The van der Waals surface area contributed by atoms with Gasteiger partial charge in [-0.05, 0) is 17.7 Å². The zero-order chi connectivity index (χ0) is 14.4. The summed E-state index contributed by atoms with van der Waals surface area (Å²) in [5.41, 5.74) is 2.51. The molecule has 0 saturated heterocycles. The Balaban J connectivity index is 1.93. The van der Waals surface area contributed by atoms with E-state index in [0.29, 0.717) is 0 Å². The van der Waals surface area contributed by atoms with E-state index in [2.05, 4.69) is 57.3 Å². The van der Waals surface area contributed by atoms with Gasteiger partial charge in [0.1, 0.15) is 0 Å². The first-order chi connectivity index (χ1) is 9.70. The summed E-state index contributed by atoms with van der Waals surface area (Å²) in [7, 11) is 5.92. The number of hydrogen-bond donors (Lipinski definition) is 1. The molecule has 0 radical (unpaired) electrons. The number of rotatable bonds is 4. The Hall–Kier alpha value is -2.23. The molecule has 2 aromatic rings. The van der Waals surface area contributed by atoms with Crippen LogP contribution >= 0.6 is 0 Å². The molecule has 0 unspecified atom stereocenters. The molecule has 0 atom stereocenters. The Morgan fingerprint density at radius 1 is 1.20 bits per heavy atom. The number of aromatic nitrogens is 1. The third kappa shape index (κ3) is 3.63. The van der Waals surface area contributed by atoms with E-state index < -0.39 is 0 Å². The van der Waals surface area contributed by atoms with Gasteiger partial charge < -0.3 is 14.8 Å². The normalized spacial score (nSPS) is 11.4. The van der Waals surface area contributed by atoms with Gasteiger partial charge in [0.25, 0.3) is 0 Å². The molecular weight excluding hydrogens is 248 g/mol. The van der Waals surface area contributed by atoms with Gasteiger partial charge in [-0.25, -0.2) is 0 Å².